The molecule has 0 N–H and O–H groups in total. The van der Waals surface area contributed by atoms with Gasteiger partial charge in [0.25, 0.3) is 0 Å². The molecule has 8 aliphatic carbocycles. The zero-order valence-corrected chi connectivity index (χ0v) is 84.1. The molecular weight excluding hydrogens is 1590 g/mol. The number of ether oxygens (including phenoxy) is 10. The van der Waals surface area contributed by atoms with Gasteiger partial charge in [-0.25, -0.2) is 9.59 Å². The first kappa shape index (κ1) is 102. The van der Waals surface area contributed by atoms with Crippen LogP contribution in [0.3, 0.4) is 0 Å². The van der Waals surface area contributed by atoms with E-state index in [0.717, 1.165) is 310 Å². The molecule has 12 nitrogen and oxygen atoms in total. The molecule has 6 saturated carbocycles. The molecule has 8 aliphatic rings. The zero-order chi connectivity index (χ0) is 91.1. The van der Waals surface area contributed by atoms with Crippen molar-refractivity contribution < 1.29 is 57.0 Å². The maximum atomic E-state index is 14.2. The lowest BCUT2D eigenvalue weighted by Crippen LogP contribution is -2.51. The molecule has 0 amide bonds. The number of carbonyl (C=O) groups is 2. The fourth-order valence-electron chi connectivity index (χ4n) is 26.1. The average molecular weight is 1770 g/mol. The Hall–Kier alpha value is -6.04. The molecule has 0 aromatic heterocycles. The SMILES string of the molecule is CCCCCCOc1cc(/C=C/c2cc(OCCCCCC)c(COC(=O)O[C@H]3CC[C@@]4(C)C(=CC[C@H]5[C@@H]6CC[C@H]([C@H](C)CCCC(C)C)[C@@]6(C)CC[C@@H]54)C3)cc2OCCCCCC)c(OCCCCCC)cc1/C=C/c1cc(OCCCCCC)c(COC(=O)O[C@H]2CC[C@@]3(C)C(=CC[C@H]4[C@@H]5CC[C@H]([C@H](C)CCCC(C)C)[C@@]5(C)CC[C@@H]43)C2)cc1OCCCCCC. The summed E-state index contributed by atoms with van der Waals surface area (Å²) in [5.74, 6) is 13.5. The van der Waals surface area contributed by atoms with Gasteiger partial charge in [-0.05, 0) is 257 Å². The van der Waals surface area contributed by atoms with E-state index >= 15 is 0 Å². The normalized spacial score (nSPS) is 27.0. The molecule has 0 radical (unpaired) electrons. The molecule has 0 unspecified atom stereocenters. The van der Waals surface area contributed by atoms with Crippen LogP contribution in [0.4, 0.5) is 9.59 Å². The zero-order valence-electron chi connectivity index (χ0n) is 84.1. The summed E-state index contributed by atoms with van der Waals surface area (Å²) >= 11 is 0. The fourth-order valence-corrected chi connectivity index (χ4v) is 26.1. The van der Waals surface area contributed by atoms with Gasteiger partial charge in [-0.3, -0.25) is 0 Å². The summed E-state index contributed by atoms with van der Waals surface area (Å²) in [5.41, 5.74) is 9.17. The number of rotatable bonds is 56. The van der Waals surface area contributed by atoms with E-state index in [1.54, 1.807) is 0 Å². The molecule has 128 heavy (non-hydrogen) atoms. The predicted octanol–water partition coefficient (Wildman–Crippen LogP) is 33.9. The Morgan fingerprint density at radius 3 is 0.961 bits per heavy atom. The topological polar surface area (TPSA) is 126 Å². The molecule has 3 aromatic rings. The smallest absolute Gasteiger partial charge is 0.493 e. The van der Waals surface area contributed by atoms with E-state index in [1.807, 2.05) is 12.1 Å². The van der Waals surface area contributed by atoms with E-state index in [1.165, 1.54) is 101 Å². The highest BCUT2D eigenvalue weighted by molar-refractivity contribution is 5.81. The second-order valence-electron chi connectivity index (χ2n) is 43.7. The highest BCUT2D eigenvalue weighted by atomic mass is 16.7. The van der Waals surface area contributed by atoms with E-state index in [2.05, 4.69) is 172 Å². The summed E-state index contributed by atoms with van der Waals surface area (Å²) in [5, 5.41) is 0. The first-order valence-corrected chi connectivity index (χ1v) is 53.7. The number of allylic oxidation sites excluding steroid dienone is 2. The minimum Gasteiger partial charge on any atom is -0.493 e. The van der Waals surface area contributed by atoms with Gasteiger partial charge in [-0.1, -0.05) is 312 Å². The molecule has 3 aromatic carbocycles. The van der Waals surface area contributed by atoms with Crippen LogP contribution in [-0.2, 0) is 32.2 Å². The van der Waals surface area contributed by atoms with Crippen LogP contribution >= 0.6 is 0 Å². The van der Waals surface area contributed by atoms with Crippen LogP contribution in [0.15, 0.2) is 59.7 Å². The number of benzene rings is 3. The molecule has 0 bridgehead atoms. The second kappa shape index (κ2) is 51.4. The average Bonchev–Trinajstić information content (AvgIpc) is 1.58. The van der Waals surface area contributed by atoms with Crippen LogP contribution in [0.1, 0.15) is 440 Å². The Kier molecular flexibility index (Phi) is 41.2. The van der Waals surface area contributed by atoms with Gasteiger partial charge in [0.1, 0.15) is 59.9 Å². The molecule has 0 heterocycles. The summed E-state index contributed by atoms with van der Waals surface area (Å²) in [6.45, 7) is 41.9. The van der Waals surface area contributed by atoms with Crippen molar-refractivity contribution in [3.8, 4) is 34.5 Å². The lowest BCUT2D eigenvalue weighted by atomic mass is 9.47. The second-order valence-corrected chi connectivity index (χ2v) is 43.7. The molecule has 0 aliphatic heterocycles. The third-order valence-electron chi connectivity index (χ3n) is 33.7. The minimum absolute atomic E-state index is 0.00875. The number of hydrogen-bond acceptors (Lipinski definition) is 12. The number of carbonyl (C=O) groups excluding carboxylic acids is 2. The van der Waals surface area contributed by atoms with Crippen molar-refractivity contribution in [2.45, 2.75) is 432 Å². The van der Waals surface area contributed by atoms with Gasteiger partial charge in [0.15, 0.2) is 0 Å². The number of hydrogen-bond donors (Lipinski definition) is 0. The quantitative estimate of drug-likeness (QED) is 0.0231. The molecule has 0 spiro atoms. The third-order valence-corrected chi connectivity index (χ3v) is 33.7. The van der Waals surface area contributed by atoms with E-state index in [0.29, 0.717) is 85.3 Å². The Labute approximate surface area is 780 Å². The third kappa shape index (κ3) is 27.6. The van der Waals surface area contributed by atoms with Crippen LogP contribution in [0.5, 0.6) is 34.5 Å². The van der Waals surface area contributed by atoms with Crippen molar-refractivity contribution in [3.63, 3.8) is 0 Å². The molecule has 16 atom stereocenters. The van der Waals surface area contributed by atoms with Crippen LogP contribution in [0.2, 0.25) is 0 Å². The van der Waals surface area contributed by atoms with Gasteiger partial charge < -0.3 is 47.4 Å². The van der Waals surface area contributed by atoms with Crippen molar-refractivity contribution in [1.82, 2.24) is 0 Å². The molecule has 11 rings (SSSR count). The summed E-state index contributed by atoms with van der Waals surface area (Å²) in [6.07, 6.45) is 64.3. The fraction of sp³-hybridized carbons (Fsp3) is 0.759. The van der Waals surface area contributed by atoms with Crippen molar-refractivity contribution in [1.29, 1.82) is 0 Å². The minimum atomic E-state index is -0.627. The Bertz CT molecular complexity index is 3720. The Morgan fingerprint density at radius 1 is 0.344 bits per heavy atom. The maximum absolute atomic E-state index is 14.2. The van der Waals surface area contributed by atoms with Gasteiger partial charge >= 0.3 is 12.3 Å². The van der Waals surface area contributed by atoms with Crippen molar-refractivity contribution >= 4 is 36.6 Å². The molecular formula is C116H182O12. The van der Waals surface area contributed by atoms with Gasteiger partial charge in [0.05, 0.1) is 39.6 Å². The summed E-state index contributed by atoms with van der Waals surface area (Å²) in [7, 11) is 0. The van der Waals surface area contributed by atoms with E-state index < -0.39 is 12.3 Å². The van der Waals surface area contributed by atoms with E-state index in [9.17, 15) is 9.59 Å². The van der Waals surface area contributed by atoms with Gasteiger partial charge in [-0.15, -0.1) is 0 Å². The van der Waals surface area contributed by atoms with Crippen molar-refractivity contribution in [3.05, 3.63) is 93.1 Å². The van der Waals surface area contributed by atoms with Crippen LogP contribution in [0.25, 0.3) is 24.3 Å². The van der Waals surface area contributed by atoms with Crippen LogP contribution in [-0.4, -0.2) is 64.2 Å². The van der Waals surface area contributed by atoms with Crippen molar-refractivity contribution in [2.24, 2.45) is 92.7 Å². The monoisotopic (exact) mass is 1770 g/mol. The molecule has 6 fully saturated rings. The number of unbranched alkanes of at least 4 members (excludes halogenated alkanes) is 18. The maximum Gasteiger partial charge on any atom is 0.508 e. The Balaban J connectivity index is 0.838. The van der Waals surface area contributed by atoms with Gasteiger partial charge in [0, 0.05) is 46.2 Å². The summed E-state index contributed by atoms with van der Waals surface area (Å²) in [6, 6.07) is 12.5. The predicted molar refractivity (Wildman–Crippen MR) is 531 cm³/mol. The molecule has 718 valence electrons. The molecule has 12 heteroatoms. The first-order valence-electron chi connectivity index (χ1n) is 53.7. The largest absolute Gasteiger partial charge is 0.508 e. The highest BCUT2D eigenvalue weighted by Crippen LogP contribution is 2.70. The van der Waals surface area contributed by atoms with Crippen molar-refractivity contribution in [2.75, 3.05) is 39.6 Å². The summed E-state index contributed by atoms with van der Waals surface area (Å²) in [4.78, 5) is 28.4. The van der Waals surface area contributed by atoms with E-state index in [-0.39, 0.29) is 36.3 Å². The standard InChI is InChI=1S/C116H182O12/c1-17-23-29-35-67-119-105-73-88(48-50-90-76-110(124-72-40-34-28-22-6)92(78-108(90)122-70-38-32-26-20-4)82-126-112(118)128-96-60-64-114(14)94(80-96)52-54-98-102-58-56-100(86(12)46-42-44-84(9)10)116(102,16)66-62-104(98)114)106(120-68-36-30-24-18-2)74-87(105)47-49-89-75-109(123-71-39-33-27-21-5)91(77-107(89)121-69-37-31-25-19-3)81-125-111(117)127-95-59-63-113(13)93(79-95)51-53-97-101-57-55-99(85(11)45-41-43-83(7)8)115(101,15)65-61-103(97)113/h47-52,73-78,83-86,95-104H,17-46,53-72,79-82H2,1-16H3/b49-47+,50-48+/t85-,86-,95+,96+,97+,98+,99-,100-,101+,102+,103+,104+,113+,114+,115-,116-/m1/s1. The van der Waals surface area contributed by atoms with Crippen LogP contribution < -0.4 is 28.4 Å². The summed E-state index contributed by atoms with van der Waals surface area (Å²) < 4.78 is 66.5. The lowest BCUT2D eigenvalue weighted by Gasteiger charge is -2.58. The molecule has 0 saturated heterocycles. The Morgan fingerprint density at radius 2 is 0.648 bits per heavy atom. The first-order chi connectivity index (χ1) is 62.0. The van der Waals surface area contributed by atoms with Crippen LogP contribution in [0, 0.1) is 92.7 Å². The van der Waals surface area contributed by atoms with Gasteiger partial charge in [0.2, 0.25) is 0 Å². The van der Waals surface area contributed by atoms with E-state index in [4.69, 9.17) is 47.4 Å². The lowest BCUT2D eigenvalue weighted by molar-refractivity contribution is -0.0620. The highest BCUT2D eigenvalue weighted by Gasteiger charge is 2.61. The van der Waals surface area contributed by atoms with Gasteiger partial charge in [-0.2, -0.15) is 0 Å². The number of fused-ring (bicyclic) bond motifs is 10.